The quantitative estimate of drug-likeness (QED) is 0.372. The highest BCUT2D eigenvalue weighted by Gasteiger charge is 2.34. The Bertz CT molecular complexity index is 1160. The molecule has 0 unspecified atom stereocenters. The molecule has 1 saturated heterocycles. The minimum absolute atomic E-state index is 0.0112. The predicted octanol–water partition coefficient (Wildman–Crippen LogP) is 4.52. The molecule has 1 aliphatic heterocycles. The molecule has 0 atom stereocenters. The Morgan fingerprint density at radius 1 is 1.00 bits per heavy atom. The molecule has 1 aromatic heterocycles. The molecule has 0 aliphatic carbocycles. The van der Waals surface area contributed by atoms with Crippen LogP contribution in [0.2, 0.25) is 5.02 Å². The molecular formula is C23H18ClN3O2S. The van der Waals surface area contributed by atoms with Gasteiger partial charge in [0.25, 0.3) is 11.8 Å². The van der Waals surface area contributed by atoms with E-state index in [-0.39, 0.29) is 10.7 Å². The van der Waals surface area contributed by atoms with Gasteiger partial charge in [-0.15, -0.1) is 0 Å². The SMILES string of the molecule is CCc1ccc(N2C(=O)/C(=C/c3cccn3-c3ccc(Cl)cc3)C(=O)NC2=S)cc1. The van der Waals surface area contributed by atoms with Crippen LogP contribution in [0.15, 0.2) is 72.4 Å². The van der Waals surface area contributed by atoms with Crippen molar-refractivity contribution in [1.29, 1.82) is 0 Å². The van der Waals surface area contributed by atoms with Crippen LogP contribution in [0.5, 0.6) is 0 Å². The van der Waals surface area contributed by atoms with Gasteiger partial charge in [-0.05, 0) is 78.8 Å². The lowest BCUT2D eigenvalue weighted by Gasteiger charge is -2.29. The van der Waals surface area contributed by atoms with Crippen molar-refractivity contribution < 1.29 is 9.59 Å². The lowest BCUT2D eigenvalue weighted by atomic mass is 10.1. The molecule has 2 heterocycles. The summed E-state index contributed by atoms with van der Waals surface area (Å²) in [7, 11) is 0. The van der Waals surface area contributed by atoms with E-state index in [0.29, 0.717) is 16.4 Å². The Morgan fingerprint density at radius 2 is 1.67 bits per heavy atom. The Labute approximate surface area is 184 Å². The van der Waals surface area contributed by atoms with Crippen LogP contribution in [-0.2, 0) is 16.0 Å². The lowest BCUT2D eigenvalue weighted by Crippen LogP contribution is -2.54. The van der Waals surface area contributed by atoms with E-state index >= 15 is 0 Å². The molecule has 2 amide bonds. The van der Waals surface area contributed by atoms with Crippen LogP contribution in [0.25, 0.3) is 11.8 Å². The van der Waals surface area contributed by atoms with Crippen molar-refractivity contribution in [3.63, 3.8) is 0 Å². The molecule has 0 radical (unpaired) electrons. The maximum absolute atomic E-state index is 13.2. The lowest BCUT2D eigenvalue weighted by molar-refractivity contribution is -0.122. The molecule has 0 bridgehead atoms. The van der Waals surface area contributed by atoms with E-state index in [9.17, 15) is 9.59 Å². The predicted molar refractivity (Wildman–Crippen MR) is 123 cm³/mol. The number of hydrogen-bond acceptors (Lipinski definition) is 3. The number of halogens is 1. The Morgan fingerprint density at radius 3 is 2.33 bits per heavy atom. The number of carbonyl (C=O) groups is 2. The summed E-state index contributed by atoms with van der Waals surface area (Å²) >= 11 is 11.2. The molecule has 4 rings (SSSR count). The number of nitrogens with one attached hydrogen (secondary N) is 1. The second-order valence-corrected chi connectivity index (χ2v) is 7.58. The van der Waals surface area contributed by atoms with E-state index in [1.165, 1.54) is 4.90 Å². The molecular weight excluding hydrogens is 418 g/mol. The smallest absolute Gasteiger partial charge is 0.270 e. The molecule has 0 spiro atoms. The van der Waals surface area contributed by atoms with Crippen LogP contribution < -0.4 is 10.2 Å². The van der Waals surface area contributed by atoms with Crippen molar-refractivity contribution in [3.8, 4) is 5.69 Å². The zero-order valence-corrected chi connectivity index (χ0v) is 17.7. The summed E-state index contributed by atoms with van der Waals surface area (Å²) in [6, 6.07) is 18.5. The first-order chi connectivity index (χ1) is 14.5. The molecule has 30 heavy (non-hydrogen) atoms. The molecule has 1 N–H and O–H groups in total. The number of nitrogens with zero attached hydrogens (tertiary/aromatic N) is 2. The molecule has 0 saturated carbocycles. The van der Waals surface area contributed by atoms with Crippen molar-refractivity contribution in [2.45, 2.75) is 13.3 Å². The van der Waals surface area contributed by atoms with Gasteiger partial charge in [-0.3, -0.25) is 19.8 Å². The van der Waals surface area contributed by atoms with E-state index in [1.54, 1.807) is 18.2 Å². The van der Waals surface area contributed by atoms with Gasteiger partial charge < -0.3 is 4.57 Å². The summed E-state index contributed by atoms with van der Waals surface area (Å²) in [4.78, 5) is 27.1. The third-order valence-corrected chi connectivity index (χ3v) is 5.42. The third-order valence-electron chi connectivity index (χ3n) is 4.88. The van der Waals surface area contributed by atoms with Crippen LogP contribution in [-0.4, -0.2) is 21.5 Å². The van der Waals surface area contributed by atoms with E-state index in [2.05, 4.69) is 12.2 Å². The largest absolute Gasteiger partial charge is 0.317 e. The van der Waals surface area contributed by atoms with Crippen molar-refractivity contribution in [2.24, 2.45) is 0 Å². The first kappa shape index (κ1) is 20.1. The normalized spacial score (nSPS) is 15.6. The molecule has 1 aliphatic rings. The van der Waals surface area contributed by atoms with Crippen LogP contribution >= 0.6 is 23.8 Å². The van der Waals surface area contributed by atoms with Gasteiger partial charge in [-0.2, -0.15) is 0 Å². The Kier molecular flexibility index (Phi) is 5.53. The van der Waals surface area contributed by atoms with Gasteiger partial charge in [0.15, 0.2) is 5.11 Å². The average molecular weight is 436 g/mol. The minimum atomic E-state index is -0.518. The topological polar surface area (TPSA) is 54.3 Å². The molecule has 150 valence electrons. The number of aryl methyl sites for hydroxylation is 1. The number of anilines is 1. The molecule has 3 aromatic rings. The second-order valence-electron chi connectivity index (χ2n) is 6.76. The summed E-state index contributed by atoms with van der Waals surface area (Å²) in [6.07, 6.45) is 4.32. The first-order valence-corrected chi connectivity index (χ1v) is 10.2. The highest BCUT2D eigenvalue weighted by molar-refractivity contribution is 7.80. The van der Waals surface area contributed by atoms with E-state index in [0.717, 1.165) is 17.7 Å². The fourth-order valence-corrected chi connectivity index (χ4v) is 3.68. The van der Waals surface area contributed by atoms with Gasteiger partial charge in [0.05, 0.1) is 5.69 Å². The highest BCUT2D eigenvalue weighted by atomic mass is 35.5. The van der Waals surface area contributed by atoms with Crippen LogP contribution in [0.4, 0.5) is 5.69 Å². The Hall–Kier alpha value is -3.22. The monoisotopic (exact) mass is 435 g/mol. The second kappa shape index (κ2) is 8.26. The van der Waals surface area contributed by atoms with Crippen molar-refractivity contribution in [3.05, 3.63) is 88.7 Å². The Balaban J connectivity index is 1.71. The number of hydrogen-bond donors (Lipinski definition) is 1. The van der Waals surface area contributed by atoms with Gasteiger partial charge in [0, 0.05) is 22.6 Å². The molecule has 5 nitrogen and oxygen atoms in total. The molecule has 7 heteroatoms. The summed E-state index contributed by atoms with van der Waals surface area (Å²) in [5, 5.41) is 3.32. The zero-order chi connectivity index (χ0) is 21.3. The zero-order valence-electron chi connectivity index (χ0n) is 16.1. The van der Waals surface area contributed by atoms with E-state index < -0.39 is 11.8 Å². The summed E-state index contributed by atoms with van der Waals surface area (Å²) < 4.78 is 1.87. The number of carbonyl (C=O) groups excluding carboxylic acids is 2. The fourth-order valence-electron chi connectivity index (χ4n) is 3.27. The highest BCUT2D eigenvalue weighted by Crippen LogP contribution is 2.24. The molecule has 2 aromatic carbocycles. The summed E-state index contributed by atoms with van der Waals surface area (Å²) in [5.74, 6) is -0.980. The van der Waals surface area contributed by atoms with E-state index in [1.807, 2.05) is 59.3 Å². The van der Waals surface area contributed by atoms with Crippen LogP contribution in [0.1, 0.15) is 18.2 Å². The van der Waals surface area contributed by atoms with Gasteiger partial charge in [-0.1, -0.05) is 30.7 Å². The van der Waals surface area contributed by atoms with Gasteiger partial charge in [0.1, 0.15) is 5.57 Å². The van der Waals surface area contributed by atoms with Crippen LogP contribution in [0, 0.1) is 0 Å². The number of aromatic nitrogens is 1. The third kappa shape index (κ3) is 3.79. The van der Waals surface area contributed by atoms with Crippen molar-refractivity contribution in [1.82, 2.24) is 9.88 Å². The van der Waals surface area contributed by atoms with Gasteiger partial charge in [-0.25, -0.2) is 0 Å². The standard InChI is InChI=1S/C23H18ClN3O2S/c1-2-15-5-9-18(10-6-15)27-22(29)20(21(28)25-23(27)30)14-19-4-3-13-26(19)17-11-7-16(24)8-12-17/h3-14H,2H2,1H3,(H,25,28,30)/b20-14+. The van der Waals surface area contributed by atoms with Crippen LogP contribution in [0.3, 0.4) is 0 Å². The average Bonchev–Trinajstić information content (AvgIpc) is 3.20. The van der Waals surface area contributed by atoms with Crippen molar-refractivity contribution >= 4 is 52.5 Å². The maximum Gasteiger partial charge on any atom is 0.270 e. The maximum atomic E-state index is 13.2. The fraction of sp³-hybridized carbons (Fsp3) is 0.0870. The van der Waals surface area contributed by atoms with E-state index in [4.69, 9.17) is 23.8 Å². The first-order valence-electron chi connectivity index (χ1n) is 9.41. The summed E-state index contributed by atoms with van der Waals surface area (Å²) in [5.41, 5.74) is 3.32. The van der Waals surface area contributed by atoms with Gasteiger partial charge in [0.2, 0.25) is 0 Å². The number of thiocarbonyl (C=S) groups is 1. The number of rotatable bonds is 4. The number of benzene rings is 2. The molecule has 1 fully saturated rings. The summed E-state index contributed by atoms with van der Waals surface area (Å²) in [6.45, 7) is 2.06. The minimum Gasteiger partial charge on any atom is -0.317 e. The van der Waals surface area contributed by atoms with Crippen molar-refractivity contribution in [2.75, 3.05) is 4.90 Å². The number of amides is 2. The van der Waals surface area contributed by atoms with Gasteiger partial charge >= 0.3 is 0 Å².